The maximum Gasteiger partial charge on any atom is 0.191 e. The maximum absolute atomic E-state index is 5.12. The lowest BCUT2D eigenvalue weighted by Gasteiger charge is -2.11. The van der Waals surface area contributed by atoms with Gasteiger partial charge in [0.1, 0.15) is 0 Å². The van der Waals surface area contributed by atoms with Crippen LogP contribution in [0.25, 0.3) is 0 Å². The molecule has 0 aliphatic carbocycles. The van der Waals surface area contributed by atoms with E-state index in [9.17, 15) is 0 Å². The predicted octanol–water partition coefficient (Wildman–Crippen LogP) is 3.10. The van der Waals surface area contributed by atoms with Crippen molar-refractivity contribution in [3.05, 3.63) is 65.5 Å². The molecule has 0 atom stereocenters. The molecule has 0 amide bonds. The van der Waals surface area contributed by atoms with Crippen LogP contribution in [0, 0.1) is 0 Å². The van der Waals surface area contributed by atoms with E-state index in [4.69, 9.17) is 4.74 Å². The van der Waals surface area contributed by atoms with Gasteiger partial charge < -0.3 is 15.4 Å². The minimum Gasteiger partial charge on any atom is -0.380 e. The molecular formula is C18H25IN4O. The summed E-state index contributed by atoms with van der Waals surface area (Å²) in [5, 5.41) is 6.54. The smallest absolute Gasteiger partial charge is 0.191 e. The molecule has 1 aromatic carbocycles. The number of methoxy groups -OCH3 is 1. The van der Waals surface area contributed by atoms with Gasteiger partial charge >= 0.3 is 0 Å². The highest BCUT2D eigenvalue weighted by Crippen LogP contribution is 2.06. The van der Waals surface area contributed by atoms with Crippen molar-refractivity contribution >= 4 is 29.9 Å². The minimum absolute atomic E-state index is 0. The summed E-state index contributed by atoms with van der Waals surface area (Å²) in [4.78, 5) is 8.91. The Bertz CT molecular complexity index is 602. The first-order valence-corrected chi connectivity index (χ1v) is 7.80. The molecule has 2 N–H and O–H groups in total. The number of ether oxygens (including phenoxy) is 1. The van der Waals surface area contributed by atoms with Crippen molar-refractivity contribution in [2.24, 2.45) is 4.99 Å². The molecule has 0 fully saturated rings. The highest BCUT2D eigenvalue weighted by molar-refractivity contribution is 14.0. The molecule has 0 aliphatic heterocycles. The first-order chi connectivity index (χ1) is 11.3. The topological polar surface area (TPSA) is 58.5 Å². The van der Waals surface area contributed by atoms with Crippen LogP contribution < -0.4 is 10.6 Å². The molecule has 0 saturated heterocycles. The zero-order valence-corrected chi connectivity index (χ0v) is 16.5. The Hall–Kier alpha value is -1.67. The SMILES string of the molecule is CCNC(=NCc1ccc(COC)cc1)NCc1ccccn1.I. The third kappa shape index (κ3) is 7.27. The summed E-state index contributed by atoms with van der Waals surface area (Å²) in [6.45, 7) is 4.79. The summed E-state index contributed by atoms with van der Waals surface area (Å²) in [6, 6.07) is 14.2. The molecule has 5 nitrogen and oxygen atoms in total. The van der Waals surface area contributed by atoms with E-state index < -0.39 is 0 Å². The average molecular weight is 440 g/mol. The molecule has 24 heavy (non-hydrogen) atoms. The maximum atomic E-state index is 5.12. The Balaban J connectivity index is 0.00000288. The molecule has 130 valence electrons. The van der Waals surface area contributed by atoms with Crippen LogP contribution in [0.2, 0.25) is 0 Å². The van der Waals surface area contributed by atoms with Gasteiger partial charge in [0, 0.05) is 19.9 Å². The van der Waals surface area contributed by atoms with Crippen LogP contribution in [-0.4, -0.2) is 24.6 Å². The van der Waals surface area contributed by atoms with Crippen molar-refractivity contribution in [2.45, 2.75) is 26.6 Å². The van der Waals surface area contributed by atoms with Gasteiger partial charge in [0.05, 0.1) is 25.4 Å². The van der Waals surface area contributed by atoms with E-state index in [2.05, 4.69) is 51.8 Å². The Morgan fingerprint density at radius 1 is 1.08 bits per heavy atom. The lowest BCUT2D eigenvalue weighted by molar-refractivity contribution is 0.185. The second-order valence-electron chi connectivity index (χ2n) is 5.12. The van der Waals surface area contributed by atoms with Crippen molar-refractivity contribution in [3.63, 3.8) is 0 Å². The molecule has 2 rings (SSSR count). The van der Waals surface area contributed by atoms with E-state index in [0.29, 0.717) is 19.7 Å². The van der Waals surface area contributed by atoms with Gasteiger partial charge in [-0.3, -0.25) is 4.98 Å². The number of halogens is 1. The molecule has 0 bridgehead atoms. The lowest BCUT2D eigenvalue weighted by Crippen LogP contribution is -2.36. The Morgan fingerprint density at radius 2 is 1.83 bits per heavy atom. The van der Waals surface area contributed by atoms with E-state index in [1.165, 1.54) is 11.1 Å². The molecule has 1 aromatic heterocycles. The number of aromatic nitrogens is 1. The van der Waals surface area contributed by atoms with Gasteiger partial charge in [0.25, 0.3) is 0 Å². The van der Waals surface area contributed by atoms with Gasteiger partial charge in [-0.05, 0) is 30.2 Å². The number of nitrogens with zero attached hydrogens (tertiary/aromatic N) is 2. The Labute approximate surface area is 161 Å². The van der Waals surface area contributed by atoms with E-state index in [0.717, 1.165) is 18.2 Å². The summed E-state index contributed by atoms with van der Waals surface area (Å²) in [7, 11) is 1.70. The molecule has 1 heterocycles. The summed E-state index contributed by atoms with van der Waals surface area (Å²) in [6.07, 6.45) is 1.79. The van der Waals surface area contributed by atoms with E-state index in [-0.39, 0.29) is 24.0 Å². The van der Waals surface area contributed by atoms with Crippen molar-refractivity contribution in [1.29, 1.82) is 0 Å². The van der Waals surface area contributed by atoms with E-state index in [1.54, 1.807) is 13.3 Å². The van der Waals surface area contributed by atoms with Crippen molar-refractivity contribution in [3.8, 4) is 0 Å². The van der Waals surface area contributed by atoms with Gasteiger partial charge in [-0.15, -0.1) is 24.0 Å². The summed E-state index contributed by atoms with van der Waals surface area (Å²) < 4.78 is 5.12. The first kappa shape index (κ1) is 20.4. The number of benzene rings is 1. The summed E-state index contributed by atoms with van der Waals surface area (Å²) >= 11 is 0. The molecule has 0 saturated carbocycles. The fourth-order valence-electron chi connectivity index (χ4n) is 2.10. The number of guanidine groups is 1. The third-order valence-electron chi connectivity index (χ3n) is 3.26. The van der Waals surface area contributed by atoms with Gasteiger partial charge in [-0.1, -0.05) is 30.3 Å². The van der Waals surface area contributed by atoms with Crippen LogP contribution in [0.3, 0.4) is 0 Å². The van der Waals surface area contributed by atoms with E-state index >= 15 is 0 Å². The average Bonchev–Trinajstić information content (AvgIpc) is 2.60. The van der Waals surface area contributed by atoms with Crippen molar-refractivity contribution in [2.75, 3.05) is 13.7 Å². The van der Waals surface area contributed by atoms with Crippen LogP contribution in [0.1, 0.15) is 23.7 Å². The largest absolute Gasteiger partial charge is 0.380 e. The van der Waals surface area contributed by atoms with E-state index in [1.807, 2.05) is 18.2 Å². The standard InChI is InChI=1S/C18H24N4O.HI/c1-3-19-18(22-13-17-6-4-5-11-20-17)21-12-15-7-9-16(10-8-15)14-23-2;/h4-11H,3,12-14H2,1-2H3,(H2,19,21,22);1H. The lowest BCUT2D eigenvalue weighted by atomic mass is 10.1. The monoisotopic (exact) mass is 440 g/mol. The van der Waals surface area contributed by atoms with Gasteiger partial charge in [0.2, 0.25) is 0 Å². The van der Waals surface area contributed by atoms with Crippen LogP contribution in [0.15, 0.2) is 53.7 Å². The van der Waals surface area contributed by atoms with Crippen molar-refractivity contribution in [1.82, 2.24) is 15.6 Å². The van der Waals surface area contributed by atoms with Crippen molar-refractivity contribution < 1.29 is 4.74 Å². The molecule has 0 radical (unpaired) electrons. The fourth-order valence-corrected chi connectivity index (χ4v) is 2.10. The number of pyridine rings is 1. The molecular weight excluding hydrogens is 415 g/mol. The highest BCUT2D eigenvalue weighted by atomic mass is 127. The molecule has 0 aliphatic rings. The van der Waals surface area contributed by atoms with Gasteiger partial charge in [-0.25, -0.2) is 4.99 Å². The number of hydrogen-bond acceptors (Lipinski definition) is 3. The van der Waals surface area contributed by atoms with Crippen LogP contribution in [0.5, 0.6) is 0 Å². The zero-order chi connectivity index (χ0) is 16.3. The van der Waals surface area contributed by atoms with Gasteiger partial charge in [0.15, 0.2) is 5.96 Å². The Morgan fingerprint density at radius 3 is 2.46 bits per heavy atom. The normalized spacial score (nSPS) is 10.8. The predicted molar refractivity (Wildman–Crippen MR) is 108 cm³/mol. The van der Waals surface area contributed by atoms with Crippen LogP contribution in [0.4, 0.5) is 0 Å². The number of hydrogen-bond donors (Lipinski definition) is 2. The number of nitrogens with one attached hydrogen (secondary N) is 2. The van der Waals surface area contributed by atoms with Gasteiger partial charge in [-0.2, -0.15) is 0 Å². The molecule has 6 heteroatoms. The third-order valence-corrected chi connectivity index (χ3v) is 3.26. The van der Waals surface area contributed by atoms with Crippen LogP contribution >= 0.6 is 24.0 Å². The second kappa shape index (κ2) is 11.8. The molecule has 2 aromatic rings. The second-order valence-corrected chi connectivity index (χ2v) is 5.12. The minimum atomic E-state index is 0. The summed E-state index contributed by atoms with van der Waals surface area (Å²) in [5.41, 5.74) is 3.32. The molecule has 0 unspecified atom stereocenters. The molecule has 0 spiro atoms. The summed E-state index contributed by atoms with van der Waals surface area (Å²) in [5.74, 6) is 0.791. The quantitative estimate of drug-likeness (QED) is 0.395. The highest BCUT2D eigenvalue weighted by Gasteiger charge is 1.99. The zero-order valence-electron chi connectivity index (χ0n) is 14.2. The van der Waals surface area contributed by atoms with Crippen LogP contribution in [-0.2, 0) is 24.4 Å². The Kier molecular flexibility index (Phi) is 10.0. The number of aliphatic imine (C=N–C) groups is 1. The first-order valence-electron chi connectivity index (χ1n) is 7.80. The fraction of sp³-hybridized carbons (Fsp3) is 0.333. The number of rotatable bonds is 7.